The zero-order valence-corrected chi connectivity index (χ0v) is 17.5. The van der Waals surface area contributed by atoms with Crippen LogP contribution in [-0.2, 0) is 11.2 Å². The first-order chi connectivity index (χ1) is 13.4. The average Bonchev–Trinajstić information content (AvgIpc) is 2.59. The molecular weight excluding hydrogens is 372 g/mol. The average molecular weight is 400 g/mol. The lowest BCUT2D eigenvalue weighted by molar-refractivity contribution is -0.385. The fourth-order valence-electron chi connectivity index (χ4n) is 2.78. The molecule has 0 aliphatic carbocycles. The van der Waals surface area contributed by atoms with Crippen LogP contribution in [0.5, 0.6) is 5.75 Å². The minimum Gasteiger partial charge on any atom is -0.490 e. The number of carbonyl (C=O) groups is 1. The van der Waals surface area contributed by atoms with E-state index in [1.807, 2.05) is 12.1 Å². The molecule has 0 aromatic heterocycles. The molecule has 7 heteroatoms. The van der Waals surface area contributed by atoms with Gasteiger partial charge in [-0.15, -0.1) is 0 Å². The van der Waals surface area contributed by atoms with E-state index in [2.05, 4.69) is 26.1 Å². The number of nitrogens with zero attached hydrogens (tertiary/aromatic N) is 1. The summed E-state index contributed by atoms with van der Waals surface area (Å²) in [4.78, 5) is 23.0. The van der Waals surface area contributed by atoms with Crippen LogP contribution in [0.25, 0.3) is 0 Å². The number of nitro groups is 1. The van der Waals surface area contributed by atoms with Crippen molar-refractivity contribution in [3.8, 4) is 5.75 Å². The molecule has 0 fully saturated rings. The van der Waals surface area contributed by atoms with Gasteiger partial charge in [0.2, 0.25) is 0 Å². The van der Waals surface area contributed by atoms with E-state index < -0.39 is 16.3 Å². The van der Waals surface area contributed by atoms with E-state index in [-0.39, 0.29) is 24.3 Å². The third kappa shape index (κ3) is 6.57. The number of aryl methyl sites for hydroxylation is 1. The number of hydrogen-bond donors (Lipinski definition) is 2. The van der Waals surface area contributed by atoms with Crippen molar-refractivity contribution in [3.63, 3.8) is 0 Å². The summed E-state index contributed by atoms with van der Waals surface area (Å²) in [7, 11) is 0. The molecule has 0 spiro atoms. The topological polar surface area (TPSA) is 102 Å². The number of nitrogens with one attached hydrogen (secondary N) is 1. The van der Waals surface area contributed by atoms with Crippen LogP contribution in [0.2, 0.25) is 0 Å². The Morgan fingerprint density at radius 3 is 2.28 bits per heavy atom. The maximum atomic E-state index is 12.5. The fraction of sp³-hybridized carbons (Fsp3) is 0.409. The second-order valence-electron chi connectivity index (χ2n) is 8.44. The zero-order chi connectivity index (χ0) is 21.8. The maximum Gasteiger partial charge on any atom is 0.272 e. The van der Waals surface area contributed by atoms with E-state index in [1.54, 1.807) is 25.1 Å². The Balaban J connectivity index is 1.97. The normalized spacial score (nSPS) is 13.4. The van der Waals surface area contributed by atoms with Gasteiger partial charge in [-0.25, -0.2) is 0 Å². The Kier molecular flexibility index (Phi) is 6.64. The van der Waals surface area contributed by atoms with Gasteiger partial charge in [-0.3, -0.25) is 14.9 Å². The summed E-state index contributed by atoms with van der Waals surface area (Å²) < 4.78 is 5.60. The Morgan fingerprint density at radius 2 is 1.76 bits per heavy atom. The molecule has 1 atom stereocenters. The summed E-state index contributed by atoms with van der Waals surface area (Å²) in [5.74, 6) is 0.125. The lowest BCUT2D eigenvalue weighted by Gasteiger charge is -2.23. The highest BCUT2D eigenvalue weighted by atomic mass is 16.6. The predicted molar refractivity (Wildman–Crippen MR) is 112 cm³/mol. The van der Waals surface area contributed by atoms with Gasteiger partial charge in [0, 0.05) is 29.3 Å². The molecule has 156 valence electrons. The van der Waals surface area contributed by atoms with Crippen molar-refractivity contribution in [2.75, 3.05) is 11.9 Å². The Hall–Kier alpha value is -2.93. The Labute approximate surface area is 170 Å². The Morgan fingerprint density at radius 1 is 1.14 bits per heavy atom. The first kappa shape index (κ1) is 22.4. The summed E-state index contributed by atoms with van der Waals surface area (Å²) in [5.41, 5.74) is 0.283. The van der Waals surface area contributed by atoms with Gasteiger partial charge in [-0.05, 0) is 70.5 Å². The van der Waals surface area contributed by atoms with Crippen LogP contribution in [0.15, 0.2) is 42.5 Å². The van der Waals surface area contributed by atoms with Crippen LogP contribution in [0.3, 0.4) is 0 Å². The monoisotopic (exact) mass is 400 g/mol. The minimum atomic E-state index is -1.68. The van der Waals surface area contributed by atoms with Crippen LogP contribution in [0.1, 0.15) is 38.8 Å². The number of nitro benzene ring substituents is 1. The molecule has 29 heavy (non-hydrogen) atoms. The standard InChI is InChI=1S/C22H28N2O5/c1-15-12-16(6-11-19(15)24(27)28)13-20(25)22(5,26)14-29-18-9-7-17(8-10-18)23-21(2,3)4/h6-12,23,26H,13-14H2,1-5H3/t22-/m0/s1. The first-order valence-electron chi connectivity index (χ1n) is 9.38. The Bertz CT molecular complexity index is 883. The van der Waals surface area contributed by atoms with Crippen molar-refractivity contribution in [1.82, 2.24) is 0 Å². The van der Waals surface area contributed by atoms with Crippen LogP contribution in [0.4, 0.5) is 11.4 Å². The number of ether oxygens (including phenoxy) is 1. The highest BCUT2D eigenvalue weighted by Gasteiger charge is 2.31. The molecular formula is C22H28N2O5. The van der Waals surface area contributed by atoms with E-state index in [1.165, 1.54) is 19.1 Å². The molecule has 0 aliphatic heterocycles. The molecule has 0 bridgehead atoms. The molecule has 2 N–H and O–H groups in total. The number of Topliss-reactive ketones (excluding diaryl/α,β-unsaturated/α-hetero) is 1. The molecule has 0 saturated heterocycles. The number of ketones is 1. The van der Waals surface area contributed by atoms with Gasteiger partial charge < -0.3 is 15.2 Å². The largest absolute Gasteiger partial charge is 0.490 e. The third-order valence-electron chi connectivity index (χ3n) is 4.32. The lowest BCUT2D eigenvalue weighted by Crippen LogP contribution is -2.42. The molecule has 2 aromatic carbocycles. The SMILES string of the molecule is Cc1cc(CC(=O)[C@@](C)(O)COc2ccc(NC(C)(C)C)cc2)ccc1[N+](=O)[O-]. The van der Waals surface area contributed by atoms with Gasteiger partial charge in [-0.2, -0.15) is 0 Å². The van der Waals surface area contributed by atoms with Crippen molar-refractivity contribution < 1.29 is 19.6 Å². The number of carbonyl (C=O) groups excluding carboxylic acids is 1. The number of rotatable bonds is 8. The number of hydrogen-bond acceptors (Lipinski definition) is 6. The molecule has 0 radical (unpaired) electrons. The fourth-order valence-corrected chi connectivity index (χ4v) is 2.78. The molecule has 2 aromatic rings. The van der Waals surface area contributed by atoms with Crippen molar-refractivity contribution in [2.45, 2.75) is 52.2 Å². The van der Waals surface area contributed by atoms with Gasteiger partial charge in [-0.1, -0.05) is 6.07 Å². The molecule has 0 saturated carbocycles. The van der Waals surface area contributed by atoms with E-state index in [0.29, 0.717) is 16.9 Å². The number of aliphatic hydroxyl groups is 1. The van der Waals surface area contributed by atoms with Crippen molar-refractivity contribution >= 4 is 17.2 Å². The van der Waals surface area contributed by atoms with Gasteiger partial charge in [0.1, 0.15) is 12.4 Å². The van der Waals surface area contributed by atoms with Gasteiger partial charge >= 0.3 is 0 Å². The van der Waals surface area contributed by atoms with Gasteiger partial charge in [0.05, 0.1) is 4.92 Å². The van der Waals surface area contributed by atoms with E-state index in [0.717, 1.165) is 5.69 Å². The molecule has 0 amide bonds. The van der Waals surface area contributed by atoms with Crippen molar-refractivity contribution in [1.29, 1.82) is 0 Å². The van der Waals surface area contributed by atoms with E-state index in [9.17, 15) is 20.0 Å². The highest BCUT2D eigenvalue weighted by Crippen LogP contribution is 2.22. The minimum absolute atomic E-state index is 0.000639. The van der Waals surface area contributed by atoms with Crippen molar-refractivity contribution in [2.24, 2.45) is 0 Å². The van der Waals surface area contributed by atoms with Crippen LogP contribution in [0, 0.1) is 17.0 Å². The van der Waals surface area contributed by atoms with Gasteiger partial charge in [0.25, 0.3) is 5.69 Å². The van der Waals surface area contributed by atoms with Crippen LogP contribution in [-0.4, -0.2) is 33.6 Å². The second kappa shape index (κ2) is 8.61. The van der Waals surface area contributed by atoms with E-state index >= 15 is 0 Å². The highest BCUT2D eigenvalue weighted by molar-refractivity contribution is 5.88. The van der Waals surface area contributed by atoms with Gasteiger partial charge in [0.15, 0.2) is 11.4 Å². The third-order valence-corrected chi connectivity index (χ3v) is 4.32. The quantitative estimate of drug-likeness (QED) is 0.512. The molecule has 0 unspecified atom stereocenters. The molecule has 0 heterocycles. The number of anilines is 1. The number of benzene rings is 2. The summed E-state index contributed by atoms with van der Waals surface area (Å²) in [5, 5.41) is 24.8. The van der Waals surface area contributed by atoms with Crippen molar-refractivity contribution in [3.05, 3.63) is 63.7 Å². The molecule has 7 nitrogen and oxygen atoms in total. The summed E-state index contributed by atoms with van der Waals surface area (Å²) in [6.45, 7) is 9.02. The molecule has 0 aliphatic rings. The lowest BCUT2D eigenvalue weighted by atomic mass is 9.95. The zero-order valence-electron chi connectivity index (χ0n) is 17.5. The molecule has 2 rings (SSSR count). The smallest absolute Gasteiger partial charge is 0.272 e. The van der Waals surface area contributed by atoms with Crippen LogP contribution < -0.4 is 10.1 Å². The predicted octanol–water partition coefficient (Wildman–Crippen LogP) is 4.06. The summed E-state index contributed by atoms with van der Waals surface area (Å²) >= 11 is 0. The maximum absolute atomic E-state index is 12.5. The second-order valence-corrected chi connectivity index (χ2v) is 8.44. The van der Waals surface area contributed by atoms with E-state index in [4.69, 9.17) is 4.74 Å². The summed E-state index contributed by atoms with van der Waals surface area (Å²) in [6.07, 6.45) is -0.0381. The van der Waals surface area contributed by atoms with Crippen LogP contribution >= 0.6 is 0 Å². The summed E-state index contributed by atoms with van der Waals surface area (Å²) in [6, 6.07) is 11.8. The first-order valence-corrected chi connectivity index (χ1v) is 9.38.